The first kappa shape index (κ1) is 17.0. The molecule has 1 amide bonds. The van der Waals surface area contributed by atoms with Crippen LogP contribution in [-0.2, 0) is 14.3 Å². The van der Waals surface area contributed by atoms with Crippen LogP contribution in [0, 0.1) is 5.92 Å². The van der Waals surface area contributed by atoms with Crippen LogP contribution >= 0.6 is 0 Å². The van der Waals surface area contributed by atoms with Crippen molar-refractivity contribution in [3.63, 3.8) is 0 Å². The smallest absolute Gasteiger partial charge is 0.323 e. The van der Waals surface area contributed by atoms with Crippen LogP contribution in [0.3, 0.4) is 0 Å². The van der Waals surface area contributed by atoms with E-state index in [2.05, 4.69) is 10.6 Å². The van der Waals surface area contributed by atoms with Crippen LogP contribution in [-0.4, -0.2) is 37.1 Å². The van der Waals surface area contributed by atoms with Gasteiger partial charge in [0, 0.05) is 6.04 Å². The average molecular weight is 284 g/mol. The summed E-state index contributed by atoms with van der Waals surface area (Å²) >= 11 is 0. The maximum Gasteiger partial charge on any atom is 0.323 e. The molecule has 5 heteroatoms. The molecule has 116 valence electrons. The quantitative estimate of drug-likeness (QED) is 0.665. The Labute approximate surface area is 121 Å². The highest BCUT2D eigenvalue weighted by Gasteiger charge is 2.26. The highest BCUT2D eigenvalue weighted by molar-refractivity contribution is 5.80. The Balaban J connectivity index is 2.39. The van der Waals surface area contributed by atoms with E-state index in [4.69, 9.17) is 4.74 Å². The highest BCUT2D eigenvalue weighted by atomic mass is 16.5. The number of rotatable bonds is 8. The van der Waals surface area contributed by atoms with E-state index in [1.165, 1.54) is 12.8 Å². The van der Waals surface area contributed by atoms with Crippen molar-refractivity contribution in [2.24, 2.45) is 5.92 Å². The van der Waals surface area contributed by atoms with E-state index in [1.54, 1.807) is 6.92 Å². The van der Waals surface area contributed by atoms with Crippen LogP contribution in [0.5, 0.6) is 0 Å². The Morgan fingerprint density at radius 1 is 1.25 bits per heavy atom. The van der Waals surface area contributed by atoms with Crippen LogP contribution in [0.2, 0.25) is 0 Å². The Bertz CT molecular complexity index is 314. The fourth-order valence-corrected chi connectivity index (χ4v) is 2.54. The predicted molar refractivity (Wildman–Crippen MR) is 78.3 cm³/mol. The summed E-state index contributed by atoms with van der Waals surface area (Å²) in [5, 5.41) is 6.05. The summed E-state index contributed by atoms with van der Waals surface area (Å²) in [6.45, 7) is 6.34. The summed E-state index contributed by atoms with van der Waals surface area (Å²) in [5.41, 5.74) is 0. The van der Waals surface area contributed by atoms with Gasteiger partial charge in [-0.05, 0) is 25.7 Å². The zero-order valence-electron chi connectivity index (χ0n) is 12.9. The van der Waals surface area contributed by atoms with Gasteiger partial charge in [-0.2, -0.15) is 0 Å². The lowest BCUT2D eigenvalue weighted by atomic mass is 9.99. The first-order valence-corrected chi connectivity index (χ1v) is 7.77. The Morgan fingerprint density at radius 2 is 1.90 bits per heavy atom. The molecule has 0 aromatic heterocycles. The second-order valence-electron chi connectivity index (χ2n) is 5.55. The molecule has 1 fully saturated rings. The normalized spacial score (nSPS) is 18.6. The number of nitrogens with one attached hydrogen (secondary N) is 2. The minimum atomic E-state index is -0.408. The Hall–Kier alpha value is -1.10. The number of amides is 1. The first-order chi connectivity index (χ1) is 9.58. The fourth-order valence-electron chi connectivity index (χ4n) is 2.54. The van der Waals surface area contributed by atoms with Crippen molar-refractivity contribution < 1.29 is 14.3 Å². The van der Waals surface area contributed by atoms with Crippen molar-refractivity contribution in [2.45, 2.75) is 65.0 Å². The molecule has 20 heavy (non-hydrogen) atoms. The number of ether oxygens (including phenoxy) is 1. The molecule has 1 aliphatic carbocycles. The molecule has 0 unspecified atom stereocenters. The van der Waals surface area contributed by atoms with Crippen LogP contribution in [0.1, 0.15) is 52.9 Å². The Kier molecular flexibility index (Phi) is 7.59. The summed E-state index contributed by atoms with van der Waals surface area (Å²) in [7, 11) is 0. The van der Waals surface area contributed by atoms with Gasteiger partial charge in [-0.25, -0.2) is 0 Å². The zero-order valence-corrected chi connectivity index (χ0v) is 12.9. The molecule has 0 aliphatic heterocycles. The largest absolute Gasteiger partial charge is 0.465 e. The van der Waals surface area contributed by atoms with Crippen LogP contribution < -0.4 is 10.6 Å². The molecule has 1 aliphatic rings. The van der Waals surface area contributed by atoms with Gasteiger partial charge in [0.25, 0.3) is 0 Å². The molecule has 0 aromatic rings. The second kappa shape index (κ2) is 8.95. The molecule has 2 N–H and O–H groups in total. The molecular formula is C15H28N2O3. The van der Waals surface area contributed by atoms with Crippen molar-refractivity contribution in [3.8, 4) is 0 Å². The van der Waals surface area contributed by atoms with E-state index in [9.17, 15) is 9.59 Å². The van der Waals surface area contributed by atoms with E-state index >= 15 is 0 Å². The molecule has 1 saturated carbocycles. The third-order valence-electron chi connectivity index (χ3n) is 3.96. The maximum absolute atomic E-state index is 11.9. The van der Waals surface area contributed by atoms with Crippen LogP contribution in [0.15, 0.2) is 0 Å². The fraction of sp³-hybridized carbons (Fsp3) is 0.867. The lowest BCUT2D eigenvalue weighted by Gasteiger charge is -2.22. The van der Waals surface area contributed by atoms with Crippen molar-refractivity contribution in [1.29, 1.82) is 0 Å². The van der Waals surface area contributed by atoms with E-state index in [0.29, 0.717) is 12.6 Å². The lowest BCUT2D eigenvalue weighted by molar-refractivity contribution is -0.147. The van der Waals surface area contributed by atoms with Gasteiger partial charge in [-0.3, -0.25) is 14.9 Å². The summed E-state index contributed by atoms with van der Waals surface area (Å²) < 4.78 is 5.06. The third kappa shape index (κ3) is 5.49. The summed E-state index contributed by atoms with van der Waals surface area (Å²) in [5.74, 6) is -0.154. The first-order valence-electron chi connectivity index (χ1n) is 7.77. The molecule has 0 saturated heterocycles. The van der Waals surface area contributed by atoms with Gasteiger partial charge in [-0.15, -0.1) is 0 Å². The summed E-state index contributed by atoms with van der Waals surface area (Å²) in [6, 6.07) is -0.0942. The number of hydrogen-bond donors (Lipinski definition) is 2. The number of esters is 1. The molecule has 0 heterocycles. The number of carbonyl (C=O) groups excluding carboxylic acids is 2. The highest BCUT2D eigenvalue weighted by Crippen LogP contribution is 2.17. The van der Waals surface area contributed by atoms with E-state index in [-0.39, 0.29) is 24.3 Å². The minimum absolute atomic E-state index is 0.0329. The second-order valence-corrected chi connectivity index (χ2v) is 5.55. The maximum atomic E-state index is 11.9. The standard InChI is InChI=1S/C15H28N2O3/c1-4-11(3)14(15(19)20-5-2)16-10-13(18)17-12-8-6-7-9-12/h11-12,14,16H,4-10H2,1-3H3,(H,17,18)/t11-,14-/m1/s1. The van der Waals surface area contributed by atoms with E-state index < -0.39 is 6.04 Å². The van der Waals surface area contributed by atoms with Gasteiger partial charge in [0.05, 0.1) is 13.2 Å². The summed E-state index contributed by atoms with van der Waals surface area (Å²) in [6.07, 6.45) is 5.38. The SMILES string of the molecule is CCOC(=O)[C@H](NCC(=O)NC1CCCC1)[C@H](C)CC. The molecule has 0 spiro atoms. The topological polar surface area (TPSA) is 67.4 Å². The van der Waals surface area contributed by atoms with Crippen LogP contribution in [0.4, 0.5) is 0 Å². The van der Waals surface area contributed by atoms with E-state index in [1.807, 2.05) is 13.8 Å². The minimum Gasteiger partial charge on any atom is -0.465 e. The molecule has 0 bridgehead atoms. The molecule has 0 radical (unpaired) electrons. The van der Waals surface area contributed by atoms with Gasteiger partial charge in [0.15, 0.2) is 0 Å². The van der Waals surface area contributed by atoms with Gasteiger partial charge < -0.3 is 10.1 Å². The Morgan fingerprint density at radius 3 is 2.45 bits per heavy atom. The number of hydrogen-bond acceptors (Lipinski definition) is 4. The number of carbonyl (C=O) groups is 2. The van der Waals surface area contributed by atoms with Gasteiger partial charge in [-0.1, -0.05) is 33.1 Å². The monoisotopic (exact) mass is 284 g/mol. The molecule has 2 atom stereocenters. The molecule has 5 nitrogen and oxygen atoms in total. The molecule has 1 rings (SSSR count). The van der Waals surface area contributed by atoms with Crippen molar-refractivity contribution in [2.75, 3.05) is 13.2 Å². The van der Waals surface area contributed by atoms with Gasteiger partial charge >= 0.3 is 5.97 Å². The van der Waals surface area contributed by atoms with Crippen LogP contribution in [0.25, 0.3) is 0 Å². The van der Waals surface area contributed by atoms with E-state index in [0.717, 1.165) is 19.3 Å². The van der Waals surface area contributed by atoms with Gasteiger partial charge in [0.2, 0.25) is 5.91 Å². The predicted octanol–water partition coefficient (Wildman–Crippen LogP) is 1.61. The third-order valence-corrected chi connectivity index (χ3v) is 3.96. The molecular weight excluding hydrogens is 256 g/mol. The van der Waals surface area contributed by atoms with Crippen molar-refractivity contribution >= 4 is 11.9 Å². The zero-order chi connectivity index (χ0) is 15.0. The summed E-state index contributed by atoms with van der Waals surface area (Å²) in [4.78, 5) is 23.8. The van der Waals surface area contributed by atoms with Gasteiger partial charge in [0.1, 0.15) is 6.04 Å². The van der Waals surface area contributed by atoms with Crippen molar-refractivity contribution in [1.82, 2.24) is 10.6 Å². The van der Waals surface area contributed by atoms with Crippen molar-refractivity contribution in [3.05, 3.63) is 0 Å². The lowest BCUT2D eigenvalue weighted by Crippen LogP contribution is -2.48. The molecule has 0 aromatic carbocycles. The average Bonchev–Trinajstić information content (AvgIpc) is 2.91.